The Kier molecular flexibility index (Phi) is 7.08. The molecule has 0 aliphatic carbocycles. The zero-order valence-corrected chi connectivity index (χ0v) is 7.40. The number of hydrogen-bond acceptors (Lipinski definition) is 5. The zero-order chi connectivity index (χ0) is 10.1. The van der Waals surface area contributed by atoms with Gasteiger partial charge in [0, 0.05) is 0 Å². The molecule has 0 saturated carbocycles. The first kappa shape index (κ1) is 12.0. The van der Waals surface area contributed by atoms with Crippen LogP contribution in [0.3, 0.4) is 0 Å². The van der Waals surface area contributed by atoms with Gasteiger partial charge < -0.3 is 21.6 Å². The second-order valence-electron chi connectivity index (χ2n) is 2.65. The summed E-state index contributed by atoms with van der Waals surface area (Å²) in [7, 11) is 0. The van der Waals surface area contributed by atoms with E-state index >= 15 is 0 Å². The normalized spacial score (nSPS) is 12.5. The van der Waals surface area contributed by atoms with Crippen LogP contribution in [0, 0.1) is 0 Å². The van der Waals surface area contributed by atoms with E-state index in [-0.39, 0.29) is 0 Å². The molecule has 0 aliphatic rings. The highest BCUT2D eigenvalue weighted by molar-refractivity contribution is 5.63. The SMILES string of the molecule is NC(N)NCCC[C@@H](C=O)NC=O. The van der Waals surface area contributed by atoms with Crippen molar-refractivity contribution in [2.75, 3.05) is 6.54 Å². The number of nitrogens with two attached hydrogens (primary N) is 2. The molecule has 6 N–H and O–H groups in total. The predicted octanol–water partition coefficient (Wildman–Crippen LogP) is -2.13. The molecule has 0 bridgehead atoms. The molecule has 0 aromatic heterocycles. The van der Waals surface area contributed by atoms with Gasteiger partial charge in [-0.25, -0.2) is 0 Å². The highest BCUT2D eigenvalue weighted by Crippen LogP contribution is 1.92. The highest BCUT2D eigenvalue weighted by atomic mass is 16.1. The molecule has 13 heavy (non-hydrogen) atoms. The van der Waals surface area contributed by atoms with Crippen LogP contribution in [0.2, 0.25) is 0 Å². The van der Waals surface area contributed by atoms with Gasteiger partial charge in [-0.05, 0) is 19.4 Å². The maximum absolute atomic E-state index is 10.3. The predicted molar refractivity (Wildman–Crippen MR) is 48.5 cm³/mol. The van der Waals surface area contributed by atoms with E-state index in [9.17, 15) is 9.59 Å². The molecule has 0 radical (unpaired) electrons. The summed E-state index contributed by atoms with van der Waals surface area (Å²) in [5.41, 5.74) is 10.5. The molecule has 6 heteroatoms. The average Bonchev–Trinajstić information content (AvgIpc) is 2.10. The van der Waals surface area contributed by atoms with Crippen molar-refractivity contribution in [3.63, 3.8) is 0 Å². The summed E-state index contributed by atoms with van der Waals surface area (Å²) >= 11 is 0. The van der Waals surface area contributed by atoms with Crippen LogP contribution in [0.25, 0.3) is 0 Å². The van der Waals surface area contributed by atoms with Crippen molar-refractivity contribution in [3.8, 4) is 0 Å². The first-order valence-electron chi connectivity index (χ1n) is 4.10. The Morgan fingerprint density at radius 1 is 1.31 bits per heavy atom. The van der Waals surface area contributed by atoms with Gasteiger partial charge in [-0.1, -0.05) is 0 Å². The molecule has 76 valence electrons. The van der Waals surface area contributed by atoms with E-state index < -0.39 is 12.3 Å². The van der Waals surface area contributed by atoms with Crippen LogP contribution in [0.1, 0.15) is 12.8 Å². The van der Waals surface area contributed by atoms with E-state index in [1.165, 1.54) is 0 Å². The van der Waals surface area contributed by atoms with Gasteiger partial charge in [-0.3, -0.25) is 10.1 Å². The number of carbonyl (C=O) groups excluding carboxylic acids is 2. The van der Waals surface area contributed by atoms with Gasteiger partial charge in [0.05, 0.1) is 6.04 Å². The fourth-order valence-corrected chi connectivity index (χ4v) is 0.869. The molecular weight excluding hydrogens is 172 g/mol. The van der Waals surface area contributed by atoms with E-state index in [0.29, 0.717) is 25.7 Å². The molecule has 1 atom stereocenters. The van der Waals surface area contributed by atoms with Gasteiger partial charge in [0.1, 0.15) is 12.6 Å². The first-order valence-corrected chi connectivity index (χ1v) is 4.10. The Bertz CT molecular complexity index is 151. The Labute approximate surface area is 77.0 Å². The largest absolute Gasteiger partial charge is 0.349 e. The highest BCUT2D eigenvalue weighted by Gasteiger charge is 2.04. The van der Waals surface area contributed by atoms with E-state index in [1.54, 1.807) is 0 Å². The van der Waals surface area contributed by atoms with Crippen molar-refractivity contribution in [3.05, 3.63) is 0 Å². The third-order valence-electron chi connectivity index (χ3n) is 1.52. The number of carbonyl (C=O) groups is 2. The van der Waals surface area contributed by atoms with E-state index in [4.69, 9.17) is 11.5 Å². The van der Waals surface area contributed by atoms with Crippen LogP contribution in [0.15, 0.2) is 0 Å². The lowest BCUT2D eigenvalue weighted by atomic mass is 10.2. The molecule has 0 fully saturated rings. The number of amides is 1. The van der Waals surface area contributed by atoms with Crippen molar-refractivity contribution < 1.29 is 9.59 Å². The molecule has 6 nitrogen and oxygen atoms in total. The van der Waals surface area contributed by atoms with Gasteiger partial charge in [0.15, 0.2) is 0 Å². The molecule has 0 aliphatic heterocycles. The lowest BCUT2D eigenvalue weighted by Gasteiger charge is -2.10. The molecule has 0 heterocycles. The Morgan fingerprint density at radius 2 is 2.00 bits per heavy atom. The number of hydrogen-bond donors (Lipinski definition) is 4. The number of aldehydes is 1. The fourth-order valence-electron chi connectivity index (χ4n) is 0.869. The van der Waals surface area contributed by atoms with Gasteiger partial charge in [0.2, 0.25) is 6.41 Å². The molecule has 0 aromatic rings. The topological polar surface area (TPSA) is 110 Å². The molecule has 1 amide bonds. The average molecular weight is 188 g/mol. The third kappa shape index (κ3) is 7.38. The molecule has 0 aromatic carbocycles. The number of rotatable bonds is 8. The van der Waals surface area contributed by atoms with Crippen molar-refractivity contribution in [2.24, 2.45) is 11.5 Å². The van der Waals surface area contributed by atoms with Crippen molar-refractivity contribution in [1.82, 2.24) is 10.6 Å². The van der Waals surface area contributed by atoms with Crippen LogP contribution in [-0.2, 0) is 9.59 Å². The van der Waals surface area contributed by atoms with Gasteiger partial charge in [-0.2, -0.15) is 0 Å². The van der Waals surface area contributed by atoms with E-state index in [1.807, 2.05) is 0 Å². The lowest BCUT2D eigenvalue weighted by Crippen LogP contribution is -2.45. The Balaban J connectivity index is 3.37. The molecule has 0 unspecified atom stereocenters. The fraction of sp³-hybridized carbons (Fsp3) is 0.714. The monoisotopic (exact) mass is 188 g/mol. The standard InChI is InChI=1S/C7H16N4O2/c8-7(9)10-3-1-2-6(4-12)11-5-13/h4-7,10H,1-3,8-9H2,(H,11,13)/t6-/m0/s1. The maximum atomic E-state index is 10.3. The van der Waals surface area contributed by atoms with Crippen LogP contribution in [0.4, 0.5) is 0 Å². The summed E-state index contributed by atoms with van der Waals surface area (Å²) in [6, 6.07) is -0.409. The molecule has 0 saturated heterocycles. The maximum Gasteiger partial charge on any atom is 0.207 e. The minimum absolute atomic E-state index is 0.409. The van der Waals surface area contributed by atoms with Crippen molar-refractivity contribution in [2.45, 2.75) is 25.2 Å². The number of nitrogens with one attached hydrogen (secondary N) is 2. The van der Waals surface area contributed by atoms with E-state index in [0.717, 1.165) is 6.42 Å². The van der Waals surface area contributed by atoms with Crippen LogP contribution in [-0.4, -0.2) is 31.6 Å². The summed E-state index contributed by atoms with van der Waals surface area (Å²) in [6.07, 6.45) is 2.00. The van der Waals surface area contributed by atoms with Crippen LogP contribution >= 0.6 is 0 Å². The molecular formula is C7H16N4O2. The summed E-state index contributed by atoms with van der Waals surface area (Å²) in [5, 5.41) is 5.17. The Morgan fingerprint density at radius 3 is 2.46 bits per heavy atom. The summed E-state index contributed by atoms with van der Waals surface area (Å²) in [5.74, 6) is 0. The van der Waals surface area contributed by atoms with Gasteiger partial charge >= 0.3 is 0 Å². The van der Waals surface area contributed by atoms with Gasteiger partial charge in [0.25, 0.3) is 0 Å². The van der Waals surface area contributed by atoms with Gasteiger partial charge in [-0.15, -0.1) is 0 Å². The third-order valence-corrected chi connectivity index (χ3v) is 1.52. The quantitative estimate of drug-likeness (QED) is 0.197. The second kappa shape index (κ2) is 7.66. The van der Waals surface area contributed by atoms with E-state index in [2.05, 4.69) is 10.6 Å². The smallest absolute Gasteiger partial charge is 0.207 e. The van der Waals surface area contributed by atoms with Crippen LogP contribution < -0.4 is 22.1 Å². The summed E-state index contributed by atoms with van der Waals surface area (Å²) in [6.45, 7) is 0.628. The summed E-state index contributed by atoms with van der Waals surface area (Å²) < 4.78 is 0. The van der Waals surface area contributed by atoms with Crippen molar-refractivity contribution in [1.29, 1.82) is 0 Å². The minimum atomic E-state index is -0.534. The Hall–Kier alpha value is -0.980. The summed E-state index contributed by atoms with van der Waals surface area (Å²) in [4.78, 5) is 20.3. The molecule has 0 spiro atoms. The first-order chi connectivity index (χ1) is 6.20. The molecule has 0 rings (SSSR count). The second-order valence-corrected chi connectivity index (χ2v) is 2.65. The lowest BCUT2D eigenvalue weighted by molar-refractivity contribution is -0.115. The van der Waals surface area contributed by atoms with Crippen molar-refractivity contribution >= 4 is 12.7 Å². The minimum Gasteiger partial charge on any atom is -0.349 e. The zero-order valence-electron chi connectivity index (χ0n) is 7.40. The van der Waals surface area contributed by atoms with Crippen LogP contribution in [0.5, 0.6) is 0 Å².